The third-order valence-electron chi connectivity index (χ3n) is 5.02. The number of hydrogen-bond acceptors (Lipinski definition) is 3. The summed E-state index contributed by atoms with van der Waals surface area (Å²) in [6.07, 6.45) is 19.5. The van der Waals surface area contributed by atoms with Crippen LogP contribution in [0.25, 0.3) is 0 Å². The molecule has 0 spiro atoms. The Morgan fingerprint density at radius 2 is 1.04 bits per heavy atom. The fourth-order valence-electron chi connectivity index (χ4n) is 3.30. The zero-order chi connectivity index (χ0) is 19.6. The molecule has 0 amide bonds. The average Bonchev–Trinajstić information content (AvgIpc) is 2.68. The van der Waals surface area contributed by atoms with E-state index in [1.54, 1.807) is 30.3 Å². The Morgan fingerprint density at radius 3 is 1.46 bits per heavy atom. The molecule has 0 N–H and O–H groups in total. The second-order valence-electron chi connectivity index (χ2n) is 7.54. The summed E-state index contributed by atoms with van der Waals surface area (Å²) in [6.45, 7) is 2.56. The molecule has 0 fully saturated rings. The predicted molar refractivity (Wildman–Crippen MR) is 120 cm³/mol. The largest absolute Gasteiger partial charge is 0.296 e. The van der Waals surface area contributed by atoms with Crippen LogP contribution in [0.5, 0.6) is 0 Å². The molecular weight excluding hydrogens is 363 g/mol. The fraction of sp³-hybridized carbons (Fsp3) is 0.739. The Morgan fingerprint density at radius 1 is 0.643 bits per heavy atom. The van der Waals surface area contributed by atoms with Gasteiger partial charge in [-0.25, -0.2) is 0 Å². The molecule has 3 nitrogen and oxygen atoms in total. The summed E-state index contributed by atoms with van der Waals surface area (Å²) in [5, 5.41) is 0. The van der Waals surface area contributed by atoms with Crippen molar-refractivity contribution in [3.63, 3.8) is 0 Å². The topological polar surface area (TPSA) is 43.4 Å². The van der Waals surface area contributed by atoms with Gasteiger partial charge in [0, 0.05) is 18.9 Å². The van der Waals surface area contributed by atoms with Crippen molar-refractivity contribution in [2.75, 3.05) is 6.61 Å². The summed E-state index contributed by atoms with van der Waals surface area (Å²) < 4.78 is 29.0. The molecule has 1 radical (unpaired) electrons. The van der Waals surface area contributed by atoms with Crippen LogP contribution in [-0.2, 0) is 14.3 Å². The molecule has 0 aliphatic heterocycles. The van der Waals surface area contributed by atoms with Gasteiger partial charge in [0.1, 0.15) is 0 Å². The van der Waals surface area contributed by atoms with Gasteiger partial charge in [-0.05, 0) is 18.6 Å². The first kappa shape index (κ1) is 27.7. The standard InChI is InChI=1S/C23H40O3S.Li/c1-2-3-4-5-6-7-8-9-10-11-12-13-14-15-19-22-26-27(24,25)23-20-17-16-18-21-23;/h16-18,20-21H,2-15,19,22H2,1H3;. The van der Waals surface area contributed by atoms with E-state index in [2.05, 4.69) is 6.92 Å². The first-order valence-electron chi connectivity index (χ1n) is 11.1. The van der Waals surface area contributed by atoms with Crippen LogP contribution >= 0.6 is 0 Å². The molecule has 0 aliphatic rings. The molecule has 0 unspecified atom stereocenters. The SMILES string of the molecule is CCCCCCCCCCCCCCCCCOS(=O)(=O)c1ccccc1.[Li]. The van der Waals surface area contributed by atoms with Crippen molar-refractivity contribution in [3.05, 3.63) is 30.3 Å². The maximum Gasteiger partial charge on any atom is 0.296 e. The van der Waals surface area contributed by atoms with Crippen molar-refractivity contribution >= 4 is 29.0 Å². The van der Waals surface area contributed by atoms with Crippen molar-refractivity contribution in [3.8, 4) is 0 Å². The first-order valence-corrected chi connectivity index (χ1v) is 12.5. The normalized spacial score (nSPS) is 11.3. The molecule has 1 rings (SSSR count). The van der Waals surface area contributed by atoms with Gasteiger partial charge in [-0.3, -0.25) is 4.18 Å². The maximum absolute atomic E-state index is 12.0. The Bertz CT molecular complexity index is 546. The van der Waals surface area contributed by atoms with Crippen LogP contribution in [0.15, 0.2) is 35.2 Å². The van der Waals surface area contributed by atoms with Crippen LogP contribution in [0, 0.1) is 0 Å². The van der Waals surface area contributed by atoms with E-state index in [1.807, 2.05) is 0 Å². The first-order chi connectivity index (χ1) is 13.2. The molecule has 0 aromatic heterocycles. The van der Waals surface area contributed by atoms with Crippen molar-refractivity contribution < 1.29 is 12.6 Å². The van der Waals surface area contributed by atoms with E-state index in [0.29, 0.717) is 0 Å². The molecule has 0 atom stereocenters. The summed E-state index contributed by atoms with van der Waals surface area (Å²) in [7, 11) is -3.58. The van der Waals surface area contributed by atoms with E-state index in [1.165, 1.54) is 83.5 Å². The van der Waals surface area contributed by atoms with Crippen LogP contribution in [0.2, 0.25) is 0 Å². The monoisotopic (exact) mass is 403 g/mol. The second-order valence-corrected chi connectivity index (χ2v) is 9.15. The van der Waals surface area contributed by atoms with Gasteiger partial charge in [-0.2, -0.15) is 8.42 Å². The van der Waals surface area contributed by atoms with E-state index >= 15 is 0 Å². The third-order valence-corrected chi connectivity index (χ3v) is 6.34. The van der Waals surface area contributed by atoms with Crippen LogP contribution in [-0.4, -0.2) is 33.9 Å². The average molecular weight is 404 g/mol. The van der Waals surface area contributed by atoms with Crippen LogP contribution in [0.3, 0.4) is 0 Å². The van der Waals surface area contributed by atoms with Crippen molar-refractivity contribution in [1.82, 2.24) is 0 Å². The van der Waals surface area contributed by atoms with Gasteiger partial charge in [0.2, 0.25) is 0 Å². The Kier molecular flexibility index (Phi) is 18.6. The minimum atomic E-state index is -3.58. The Balaban J connectivity index is 0.00000729. The molecule has 157 valence electrons. The zero-order valence-corrected chi connectivity index (χ0v) is 19.1. The van der Waals surface area contributed by atoms with Crippen molar-refractivity contribution in [2.24, 2.45) is 0 Å². The molecule has 1 aromatic carbocycles. The summed E-state index contributed by atoms with van der Waals surface area (Å²) in [5.74, 6) is 0. The quantitative estimate of drug-likeness (QED) is 0.152. The minimum Gasteiger partial charge on any atom is -0.266 e. The molecule has 0 saturated carbocycles. The number of benzene rings is 1. The molecule has 5 heteroatoms. The molecule has 0 bridgehead atoms. The van der Waals surface area contributed by atoms with E-state index in [9.17, 15) is 8.42 Å². The van der Waals surface area contributed by atoms with E-state index in [-0.39, 0.29) is 30.4 Å². The van der Waals surface area contributed by atoms with Crippen molar-refractivity contribution in [1.29, 1.82) is 0 Å². The van der Waals surface area contributed by atoms with E-state index in [0.717, 1.165) is 12.8 Å². The summed E-state index contributed by atoms with van der Waals surface area (Å²) in [6, 6.07) is 8.37. The van der Waals surface area contributed by atoms with Gasteiger partial charge in [-0.1, -0.05) is 115 Å². The van der Waals surface area contributed by atoms with Gasteiger partial charge in [-0.15, -0.1) is 0 Å². The molecule has 0 aliphatic carbocycles. The number of hydrogen-bond donors (Lipinski definition) is 0. The predicted octanol–water partition coefficient (Wildman–Crippen LogP) is 6.88. The fourth-order valence-corrected chi connectivity index (χ4v) is 4.26. The van der Waals surface area contributed by atoms with Gasteiger partial charge in [0.25, 0.3) is 10.1 Å². The van der Waals surface area contributed by atoms with Crippen molar-refractivity contribution in [2.45, 2.75) is 108 Å². The van der Waals surface area contributed by atoms with Crippen LogP contribution in [0.4, 0.5) is 0 Å². The number of unbranched alkanes of at least 4 members (excludes halogenated alkanes) is 14. The Labute approximate surface area is 186 Å². The molecular formula is C23H40LiO3S. The number of rotatable bonds is 18. The van der Waals surface area contributed by atoms with Crippen LogP contribution < -0.4 is 0 Å². The third kappa shape index (κ3) is 14.7. The molecule has 0 heterocycles. The minimum absolute atomic E-state index is 0. The summed E-state index contributed by atoms with van der Waals surface area (Å²) in [5.41, 5.74) is 0. The summed E-state index contributed by atoms with van der Waals surface area (Å²) >= 11 is 0. The van der Waals surface area contributed by atoms with Gasteiger partial charge in [0.05, 0.1) is 11.5 Å². The van der Waals surface area contributed by atoms with E-state index < -0.39 is 10.1 Å². The van der Waals surface area contributed by atoms with Gasteiger partial charge >= 0.3 is 0 Å². The Hall–Kier alpha value is -0.273. The molecule has 28 heavy (non-hydrogen) atoms. The summed E-state index contributed by atoms with van der Waals surface area (Å²) in [4.78, 5) is 0.242. The van der Waals surface area contributed by atoms with Gasteiger partial charge < -0.3 is 0 Å². The van der Waals surface area contributed by atoms with Gasteiger partial charge in [0.15, 0.2) is 0 Å². The van der Waals surface area contributed by atoms with Crippen LogP contribution in [0.1, 0.15) is 103 Å². The second kappa shape index (κ2) is 18.7. The molecule has 0 saturated heterocycles. The maximum atomic E-state index is 12.0. The van der Waals surface area contributed by atoms with E-state index in [4.69, 9.17) is 4.18 Å². The molecule has 1 aromatic rings. The smallest absolute Gasteiger partial charge is 0.266 e. The zero-order valence-electron chi connectivity index (χ0n) is 18.3.